The first-order valence-corrected chi connectivity index (χ1v) is 4.31. The minimum atomic E-state index is -0.303. The van der Waals surface area contributed by atoms with E-state index in [0.29, 0.717) is 11.1 Å². The second kappa shape index (κ2) is 2.44. The van der Waals surface area contributed by atoms with Crippen molar-refractivity contribution in [2.24, 2.45) is 0 Å². The van der Waals surface area contributed by atoms with E-state index < -0.39 is 0 Å². The van der Waals surface area contributed by atoms with E-state index in [0.717, 1.165) is 4.46 Å². The number of benzene rings is 1. The van der Waals surface area contributed by atoms with Gasteiger partial charge in [-0.1, -0.05) is 0 Å². The molecule has 60 valence electrons. The molecule has 1 aliphatic rings. The third-order valence-electron chi connectivity index (χ3n) is 1.74. The summed E-state index contributed by atoms with van der Waals surface area (Å²) in [7, 11) is 0. The van der Waals surface area contributed by atoms with E-state index in [4.69, 9.17) is 0 Å². The van der Waals surface area contributed by atoms with Crippen LogP contribution in [-0.4, -0.2) is 27.8 Å². The van der Waals surface area contributed by atoms with Crippen LogP contribution in [0.4, 0.5) is 0 Å². The van der Waals surface area contributed by atoms with E-state index in [1.54, 1.807) is 18.2 Å². The van der Waals surface area contributed by atoms with Gasteiger partial charge < -0.3 is 0 Å². The first-order valence-electron chi connectivity index (χ1n) is 3.38. The van der Waals surface area contributed by atoms with Gasteiger partial charge in [-0.25, -0.2) is 0 Å². The van der Waals surface area contributed by atoms with Gasteiger partial charge >= 0.3 is 76.5 Å². The van der Waals surface area contributed by atoms with E-state index in [-0.39, 0.29) is 11.8 Å². The van der Waals surface area contributed by atoms with Crippen molar-refractivity contribution < 1.29 is 9.59 Å². The van der Waals surface area contributed by atoms with Gasteiger partial charge in [-0.2, -0.15) is 0 Å². The van der Waals surface area contributed by atoms with Crippen LogP contribution < -0.4 is 9.78 Å². The molecule has 3 nitrogen and oxygen atoms in total. The maximum absolute atomic E-state index is 11.2. The molecule has 1 aromatic carbocycles. The molecule has 0 aromatic heterocycles. The summed E-state index contributed by atoms with van der Waals surface area (Å²) < 4.78 is 0.781. The molecule has 0 saturated carbocycles. The van der Waals surface area contributed by atoms with E-state index >= 15 is 0 Å². The molecule has 0 atom stereocenters. The second-order valence-corrected chi connectivity index (χ2v) is 3.49. The summed E-state index contributed by atoms with van der Waals surface area (Å²) in [5.74, 6) is -0.603. The standard InChI is InChI=1S/C8H5NO2Se/c10-7-4-2-1-3-5(12)6(4)8(11)9-7/h1-3,12H,(H,9,10,11). The molecule has 0 bridgehead atoms. The fraction of sp³-hybridized carbons (Fsp3) is 0. The molecule has 1 aromatic rings. The van der Waals surface area contributed by atoms with Crippen LogP contribution in [0.5, 0.6) is 0 Å². The number of hydrogen-bond acceptors (Lipinski definition) is 2. The molecule has 2 rings (SSSR count). The Bertz CT molecular complexity index is 387. The van der Waals surface area contributed by atoms with Crippen molar-refractivity contribution in [2.45, 2.75) is 0 Å². The number of nitrogens with one attached hydrogen (secondary N) is 1. The summed E-state index contributed by atoms with van der Waals surface area (Å²) in [5.41, 5.74) is 0.959. The third kappa shape index (κ3) is 0.891. The summed E-state index contributed by atoms with van der Waals surface area (Å²) in [6.45, 7) is 0. The first kappa shape index (κ1) is 7.52. The van der Waals surface area contributed by atoms with Crippen molar-refractivity contribution in [3.05, 3.63) is 29.3 Å². The molecule has 12 heavy (non-hydrogen) atoms. The Kier molecular flexibility index (Phi) is 1.53. The predicted molar refractivity (Wildman–Crippen MR) is 45.0 cm³/mol. The average molecular weight is 226 g/mol. The SMILES string of the molecule is O=C1NC(=O)c2c([SeH])cccc21. The second-order valence-electron chi connectivity index (χ2n) is 2.48. The molecule has 0 radical (unpaired) electrons. The van der Waals surface area contributed by atoms with Crippen molar-refractivity contribution in [2.75, 3.05) is 0 Å². The molecule has 1 aliphatic heterocycles. The Morgan fingerprint density at radius 2 is 1.92 bits per heavy atom. The Hall–Kier alpha value is -1.12. The van der Waals surface area contributed by atoms with Gasteiger partial charge in [0.1, 0.15) is 0 Å². The van der Waals surface area contributed by atoms with Crippen molar-refractivity contribution in [1.82, 2.24) is 5.32 Å². The molecule has 1 N–H and O–H groups in total. The normalized spacial score (nSPS) is 14.4. The van der Waals surface area contributed by atoms with Gasteiger partial charge in [-0.15, -0.1) is 0 Å². The van der Waals surface area contributed by atoms with Crippen molar-refractivity contribution >= 4 is 32.3 Å². The molecule has 0 fully saturated rings. The van der Waals surface area contributed by atoms with Crippen LogP contribution in [0.25, 0.3) is 0 Å². The molecule has 2 amide bonds. The van der Waals surface area contributed by atoms with Crippen LogP contribution >= 0.6 is 0 Å². The number of amides is 2. The van der Waals surface area contributed by atoms with Gasteiger partial charge in [0.15, 0.2) is 0 Å². The molecule has 1 heterocycles. The molecule has 0 unspecified atom stereocenters. The predicted octanol–water partition coefficient (Wildman–Crippen LogP) is -0.904. The fourth-order valence-corrected chi connectivity index (χ4v) is 1.85. The zero-order valence-electron chi connectivity index (χ0n) is 6.00. The molecular formula is C8H5NO2Se. The molecular weight excluding hydrogens is 221 g/mol. The number of carbonyl (C=O) groups excluding carboxylic acids is 2. The fourth-order valence-electron chi connectivity index (χ4n) is 1.20. The number of fused-ring (bicyclic) bond motifs is 1. The Balaban J connectivity index is 2.75. The van der Waals surface area contributed by atoms with Gasteiger partial charge in [-0.3, -0.25) is 0 Å². The van der Waals surface area contributed by atoms with Gasteiger partial charge in [-0.05, 0) is 0 Å². The van der Waals surface area contributed by atoms with E-state index in [9.17, 15) is 9.59 Å². The Morgan fingerprint density at radius 1 is 1.17 bits per heavy atom. The first-order chi connectivity index (χ1) is 5.70. The van der Waals surface area contributed by atoms with Crippen LogP contribution in [0.3, 0.4) is 0 Å². The number of hydrogen-bond donors (Lipinski definition) is 1. The third-order valence-corrected chi connectivity index (χ3v) is 2.52. The molecule has 0 saturated heterocycles. The van der Waals surface area contributed by atoms with Gasteiger partial charge in [0.25, 0.3) is 0 Å². The maximum atomic E-state index is 11.2. The summed E-state index contributed by atoms with van der Waals surface area (Å²) in [6, 6.07) is 5.19. The van der Waals surface area contributed by atoms with Crippen LogP contribution in [0.1, 0.15) is 20.7 Å². The van der Waals surface area contributed by atoms with Crippen molar-refractivity contribution in [3.63, 3.8) is 0 Å². The summed E-state index contributed by atoms with van der Waals surface area (Å²) in [6.07, 6.45) is 0. The van der Waals surface area contributed by atoms with Crippen LogP contribution in [0, 0.1) is 0 Å². The summed E-state index contributed by atoms with van der Waals surface area (Å²) in [4.78, 5) is 22.2. The molecule has 0 aliphatic carbocycles. The molecule has 0 spiro atoms. The summed E-state index contributed by atoms with van der Waals surface area (Å²) in [5, 5.41) is 2.24. The van der Waals surface area contributed by atoms with Gasteiger partial charge in [0.05, 0.1) is 0 Å². The van der Waals surface area contributed by atoms with E-state index in [1.165, 1.54) is 0 Å². The van der Waals surface area contributed by atoms with E-state index in [2.05, 4.69) is 21.3 Å². The number of carbonyl (C=O) groups is 2. The Morgan fingerprint density at radius 3 is 2.58 bits per heavy atom. The van der Waals surface area contributed by atoms with Crippen molar-refractivity contribution in [1.29, 1.82) is 0 Å². The topological polar surface area (TPSA) is 46.2 Å². The average Bonchev–Trinajstić information content (AvgIpc) is 2.29. The zero-order chi connectivity index (χ0) is 8.72. The summed E-state index contributed by atoms with van der Waals surface area (Å²) >= 11 is 2.28. The monoisotopic (exact) mass is 227 g/mol. The van der Waals surface area contributed by atoms with Crippen LogP contribution in [-0.2, 0) is 0 Å². The van der Waals surface area contributed by atoms with Crippen LogP contribution in [0.2, 0.25) is 0 Å². The van der Waals surface area contributed by atoms with Gasteiger partial charge in [0, 0.05) is 0 Å². The number of rotatable bonds is 0. The zero-order valence-corrected chi connectivity index (χ0v) is 7.87. The minimum absolute atomic E-state index is 0.300. The van der Waals surface area contributed by atoms with Crippen molar-refractivity contribution in [3.8, 4) is 0 Å². The van der Waals surface area contributed by atoms with E-state index in [1.807, 2.05) is 0 Å². The number of imide groups is 1. The Labute approximate surface area is 77.0 Å². The molecule has 4 heteroatoms. The van der Waals surface area contributed by atoms with Gasteiger partial charge in [0.2, 0.25) is 0 Å². The quantitative estimate of drug-likeness (QED) is 0.460. The van der Waals surface area contributed by atoms with Crippen LogP contribution in [0.15, 0.2) is 18.2 Å².